The predicted octanol–water partition coefficient (Wildman–Crippen LogP) is 2.84. The highest BCUT2D eigenvalue weighted by molar-refractivity contribution is 9.10. The maximum atomic E-state index is 12.0. The lowest BCUT2D eigenvalue weighted by Gasteiger charge is -2.11. The number of methoxy groups -OCH3 is 1. The zero-order valence-corrected chi connectivity index (χ0v) is 12.1. The number of Topliss-reactive ketones (excluding diaryl/α,β-unsaturated/α-hetero) is 1. The molecule has 0 saturated carbocycles. The van der Waals surface area contributed by atoms with E-state index < -0.39 is 5.97 Å². The maximum absolute atomic E-state index is 12.0. The van der Waals surface area contributed by atoms with Crippen molar-refractivity contribution in [1.82, 2.24) is 0 Å². The molecule has 0 saturated heterocycles. The van der Waals surface area contributed by atoms with E-state index in [2.05, 4.69) is 15.9 Å². The lowest BCUT2D eigenvalue weighted by molar-refractivity contribution is 0.0522. The molecule has 1 unspecified atom stereocenters. The van der Waals surface area contributed by atoms with Gasteiger partial charge in [0.15, 0.2) is 5.78 Å². The van der Waals surface area contributed by atoms with Crippen molar-refractivity contribution in [1.29, 1.82) is 0 Å². The molecular weight excluding hydrogens is 300 g/mol. The van der Waals surface area contributed by atoms with Crippen LogP contribution in [0.15, 0.2) is 18.2 Å². The van der Waals surface area contributed by atoms with Gasteiger partial charge < -0.3 is 9.47 Å². The predicted molar refractivity (Wildman–Crippen MR) is 71.7 cm³/mol. The van der Waals surface area contributed by atoms with Gasteiger partial charge in [-0.05, 0) is 32.0 Å². The molecule has 1 aromatic rings. The number of ketones is 1. The molecule has 0 radical (unpaired) electrons. The van der Waals surface area contributed by atoms with E-state index >= 15 is 0 Å². The van der Waals surface area contributed by atoms with E-state index in [-0.39, 0.29) is 22.8 Å². The summed E-state index contributed by atoms with van der Waals surface area (Å²) >= 11 is 3.20. The largest absolute Gasteiger partial charge is 0.497 e. The Labute approximate surface area is 114 Å². The molecule has 0 bridgehead atoms. The molecule has 1 rings (SSSR count). The molecular formula is C13H15BrO4. The van der Waals surface area contributed by atoms with Crippen molar-refractivity contribution in [3.8, 4) is 5.75 Å². The standard InChI is InChI=1S/C13H15BrO4/c1-4-18-13(16)11-7-9(17-3)5-6-10(11)12(15)8(2)14/h5-8H,4H2,1-3H3. The van der Waals surface area contributed by atoms with E-state index in [1.54, 1.807) is 26.0 Å². The summed E-state index contributed by atoms with van der Waals surface area (Å²) in [7, 11) is 1.50. The first-order chi connectivity index (χ1) is 8.51. The quantitative estimate of drug-likeness (QED) is 0.476. The third-order valence-electron chi connectivity index (χ3n) is 2.35. The van der Waals surface area contributed by atoms with E-state index in [1.807, 2.05) is 0 Å². The van der Waals surface area contributed by atoms with Gasteiger partial charge in [-0.25, -0.2) is 4.79 Å². The van der Waals surface area contributed by atoms with Crippen LogP contribution in [0.5, 0.6) is 5.75 Å². The minimum atomic E-state index is -0.520. The molecule has 0 aromatic heterocycles. The van der Waals surface area contributed by atoms with Gasteiger partial charge in [-0.15, -0.1) is 0 Å². The van der Waals surface area contributed by atoms with Gasteiger partial charge in [0.2, 0.25) is 0 Å². The lowest BCUT2D eigenvalue weighted by Crippen LogP contribution is -2.17. The lowest BCUT2D eigenvalue weighted by atomic mass is 10.0. The maximum Gasteiger partial charge on any atom is 0.338 e. The normalized spacial score (nSPS) is 11.8. The summed E-state index contributed by atoms with van der Waals surface area (Å²) < 4.78 is 9.98. The Morgan fingerprint density at radius 2 is 2.00 bits per heavy atom. The van der Waals surface area contributed by atoms with Gasteiger partial charge in [0, 0.05) is 5.56 Å². The Morgan fingerprint density at radius 1 is 1.33 bits per heavy atom. The summed E-state index contributed by atoms with van der Waals surface area (Å²) in [5.74, 6) is -0.176. The molecule has 0 aliphatic heterocycles. The van der Waals surface area contributed by atoms with Crippen molar-refractivity contribution in [3.05, 3.63) is 29.3 Å². The summed E-state index contributed by atoms with van der Waals surface area (Å²) in [6.07, 6.45) is 0. The van der Waals surface area contributed by atoms with E-state index in [0.29, 0.717) is 11.3 Å². The minimum absolute atomic E-state index is 0.166. The van der Waals surface area contributed by atoms with Crippen molar-refractivity contribution in [2.45, 2.75) is 18.7 Å². The van der Waals surface area contributed by atoms with E-state index in [9.17, 15) is 9.59 Å². The van der Waals surface area contributed by atoms with Crippen LogP contribution >= 0.6 is 15.9 Å². The van der Waals surface area contributed by atoms with Crippen molar-refractivity contribution in [2.24, 2.45) is 0 Å². The molecule has 98 valence electrons. The highest BCUT2D eigenvalue weighted by Gasteiger charge is 2.21. The molecule has 18 heavy (non-hydrogen) atoms. The van der Waals surface area contributed by atoms with Gasteiger partial charge in [0.1, 0.15) is 5.75 Å². The highest BCUT2D eigenvalue weighted by Crippen LogP contribution is 2.21. The van der Waals surface area contributed by atoms with Gasteiger partial charge >= 0.3 is 5.97 Å². The number of alkyl halides is 1. The number of halogens is 1. The number of hydrogen-bond acceptors (Lipinski definition) is 4. The number of rotatable bonds is 5. The fourth-order valence-corrected chi connectivity index (χ4v) is 1.70. The van der Waals surface area contributed by atoms with Crippen LogP contribution < -0.4 is 4.74 Å². The Hall–Kier alpha value is -1.36. The van der Waals surface area contributed by atoms with Crippen LogP contribution in [0, 0.1) is 0 Å². The topological polar surface area (TPSA) is 52.6 Å². The Kier molecular flexibility index (Phi) is 5.34. The van der Waals surface area contributed by atoms with E-state index in [4.69, 9.17) is 9.47 Å². The van der Waals surface area contributed by atoms with Crippen LogP contribution in [0.4, 0.5) is 0 Å². The summed E-state index contributed by atoms with van der Waals surface area (Å²) in [5.41, 5.74) is 0.561. The van der Waals surface area contributed by atoms with E-state index in [0.717, 1.165) is 0 Å². The average Bonchev–Trinajstić information content (AvgIpc) is 2.37. The third kappa shape index (κ3) is 3.32. The first kappa shape index (κ1) is 14.7. The molecule has 0 spiro atoms. The van der Waals surface area contributed by atoms with Gasteiger partial charge in [-0.2, -0.15) is 0 Å². The van der Waals surface area contributed by atoms with Crippen molar-refractivity contribution < 1.29 is 19.1 Å². The Morgan fingerprint density at radius 3 is 2.50 bits per heavy atom. The first-order valence-corrected chi connectivity index (χ1v) is 6.46. The van der Waals surface area contributed by atoms with Crippen LogP contribution in [0.25, 0.3) is 0 Å². The zero-order chi connectivity index (χ0) is 13.7. The van der Waals surface area contributed by atoms with Gasteiger partial charge in [0.25, 0.3) is 0 Å². The Bertz CT molecular complexity index is 454. The van der Waals surface area contributed by atoms with Crippen molar-refractivity contribution in [2.75, 3.05) is 13.7 Å². The van der Waals surface area contributed by atoms with Crippen LogP contribution in [0.2, 0.25) is 0 Å². The second kappa shape index (κ2) is 6.54. The fraction of sp³-hybridized carbons (Fsp3) is 0.385. The SMILES string of the molecule is CCOC(=O)c1cc(OC)ccc1C(=O)C(C)Br. The fourth-order valence-electron chi connectivity index (χ4n) is 1.46. The second-order valence-electron chi connectivity index (χ2n) is 3.61. The van der Waals surface area contributed by atoms with Gasteiger partial charge in [-0.3, -0.25) is 4.79 Å². The molecule has 0 N–H and O–H groups in total. The summed E-state index contributed by atoms with van der Waals surface area (Å²) in [6.45, 7) is 3.68. The van der Waals surface area contributed by atoms with Crippen LogP contribution in [0.1, 0.15) is 34.6 Å². The summed E-state index contributed by atoms with van der Waals surface area (Å²) in [4.78, 5) is 23.4. The highest BCUT2D eigenvalue weighted by atomic mass is 79.9. The molecule has 4 nitrogen and oxygen atoms in total. The molecule has 5 heteroatoms. The van der Waals surface area contributed by atoms with Crippen molar-refractivity contribution >= 4 is 27.7 Å². The van der Waals surface area contributed by atoms with Crippen LogP contribution in [-0.4, -0.2) is 30.3 Å². The molecule has 0 fully saturated rings. The zero-order valence-electron chi connectivity index (χ0n) is 10.5. The van der Waals surface area contributed by atoms with Crippen LogP contribution in [-0.2, 0) is 4.74 Å². The molecule has 1 atom stereocenters. The summed E-state index contributed by atoms with van der Waals surface area (Å²) in [6, 6.07) is 4.73. The van der Waals surface area contributed by atoms with Gasteiger partial charge in [-0.1, -0.05) is 15.9 Å². The molecule has 0 aliphatic carbocycles. The third-order valence-corrected chi connectivity index (χ3v) is 2.76. The van der Waals surface area contributed by atoms with E-state index in [1.165, 1.54) is 13.2 Å². The minimum Gasteiger partial charge on any atom is -0.497 e. The monoisotopic (exact) mass is 314 g/mol. The smallest absolute Gasteiger partial charge is 0.338 e. The number of ether oxygens (including phenoxy) is 2. The molecule has 0 aliphatic rings. The number of benzene rings is 1. The second-order valence-corrected chi connectivity index (χ2v) is 4.99. The molecule has 0 heterocycles. The average molecular weight is 315 g/mol. The number of hydrogen-bond donors (Lipinski definition) is 0. The Balaban J connectivity index is 3.24. The van der Waals surface area contributed by atoms with Gasteiger partial charge in [0.05, 0.1) is 24.1 Å². The van der Waals surface area contributed by atoms with Crippen LogP contribution in [0.3, 0.4) is 0 Å². The number of esters is 1. The van der Waals surface area contributed by atoms with Crippen molar-refractivity contribution in [3.63, 3.8) is 0 Å². The number of carbonyl (C=O) groups excluding carboxylic acids is 2. The number of carbonyl (C=O) groups is 2. The molecule has 0 amide bonds. The summed E-state index contributed by atoms with van der Waals surface area (Å²) in [5, 5.41) is 0. The first-order valence-electron chi connectivity index (χ1n) is 5.54. The molecule has 1 aromatic carbocycles.